The van der Waals surface area contributed by atoms with Crippen molar-refractivity contribution in [3.63, 3.8) is 0 Å². The molecule has 3 aromatic rings. The molecule has 0 aliphatic carbocycles. The number of hydrogen-bond donors (Lipinski definition) is 1. The van der Waals surface area contributed by atoms with Gasteiger partial charge in [0.1, 0.15) is 24.6 Å². The summed E-state index contributed by atoms with van der Waals surface area (Å²) in [4.78, 5) is 31.4. The van der Waals surface area contributed by atoms with E-state index in [4.69, 9.17) is 9.47 Å². The van der Waals surface area contributed by atoms with Crippen LogP contribution in [0.15, 0.2) is 29.3 Å². The fourth-order valence-electron chi connectivity index (χ4n) is 3.24. The van der Waals surface area contributed by atoms with E-state index in [0.717, 1.165) is 16.0 Å². The molecule has 1 aliphatic rings. The summed E-state index contributed by atoms with van der Waals surface area (Å²) in [5.74, 6) is 1.13. The maximum absolute atomic E-state index is 12.7. The number of aromatic nitrogens is 2. The molecule has 0 saturated heterocycles. The largest absolute Gasteiger partial charge is 0.486 e. The molecule has 1 unspecified atom stereocenters. The summed E-state index contributed by atoms with van der Waals surface area (Å²) in [7, 11) is 0. The summed E-state index contributed by atoms with van der Waals surface area (Å²) in [5, 5.41) is 3.52. The third-order valence-electron chi connectivity index (χ3n) is 4.91. The number of amides is 1. The molecule has 1 aliphatic heterocycles. The fourth-order valence-corrected chi connectivity index (χ4v) is 4.22. The topological polar surface area (TPSA) is 82.5 Å². The van der Waals surface area contributed by atoms with Crippen molar-refractivity contribution < 1.29 is 14.3 Å². The van der Waals surface area contributed by atoms with Gasteiger partial charge in [-0.3, -0.25) is 14.2 Å². The summed E-state index contributed by atoms with van der Waals surface area (Å²) < 4.78 is 12.5. The maximum Gasteiger partial charge on any atom is 0.262 e. The first-order valence-corrected chi connectivity index (χ1v) is 9.89. The maximum atomic E-state index is 12.7. The molecule has 3 heterocycles. The average molecular weight is 399 g/mol. The minimum absolute atomic E-state index is 0.0784. The fraction of sp³-hybridized carbons (Fsp3) is 0.350. The molecular formula is C20H21N3O4S. The second-order valence-corrected chi connectivity index (χ2v) is 8.04. The first kappa shape index (κ1) is 18.5. The molecule has 0 bridgehead atoms. The van der Waals surface area contributed by atoms with Gasteiger partial charge in [0.15, 0.2) is 11.5 Å². The number of nitrogens with one attached hydrogen (secondary N) is 1. The van der Waals surface area contributed by atoms with Crippen LogP contribution in [0.4, 0.5) is 0 Å². The number of thiophene rings is 1. The number of carbonyl (C=O) groups excluding carboxylic acids is 1. The van der Waals surface area contributed by atoms with E-state index >= 15 is 0 Å². The van der Waals surface area contributed by atoms with Crippen molar-refractivity contribution in [3.05, 3.63) is 50.9 Å². The van der Waals surface area contributed by atoms with Crippen molar-refractivity contribution in [1.82, 2.24) is 14.9 Å². The Kier molecular flexibility index (Phi) is 4.80. The van der Waals surface area contributed by atoms with Crippen molar-refractivity contribution in [1.29, 1.82) is 0 Å². The van der Waals surface area contributed by atoms with Gasteiger partial charge in [-0.25, -0.2) is 4.98 Å². The summed E-state index contributed by atoms with van der Waals surface area (Å²) in [6.07, 6.45) is 1.44. The number of fused-ring (bicyclic) bond motifs is 2. The van der Waals surface area contributed by atoms with E-state index in [1.165, 1.54) is 22.2 Å². The van der Waals surface area contributed by atoms with Crippen LogP contribution in [0.2, 0.25) is 0 Å². The molecule has 0 fully saturated rings. The second kappa shape index (κ2) is 7.27. The molecule has 0 spiro atoms. The van der Waals surface area contributed by atoms with Crippen molar-refractivity contribution in [2.45, 2.75) is 33.4 Å². The zero-order chi connectivity index (χ0) is 19.8. The predicted octanol–water partition coefficient (Wildman–Crippen LogP) is 2.72. The summed E-state index contributed by atoms with van der Waals surface area (Å²) >= 11 is 1.49. The Morgan fingerprint density at radius 1 is 1.29 bits per heavy atom. The molecule has 0 radical (unpaired) electrons. The Bertz CT molecular complexity index is 1120. The molecule has 2 aromatic heterocycles. The highest BCUT2D eigenvalue weighted by Gasteiger charge is 2.17. The van der Waals surface area contributed by atoms with Crippen LogP contribution < -0.4 is 20.3 Å². The molecule has 28 heavy (non-hydrogen) atoms. The van der Waals surface area contributed by atoms with Crippen LogP contribution in [0.5, 0.6) is 11.5 Å². The van der Waals surface area contributed by atoms with E-state index < -0.39 is 0 Å². The lowest BCUT2D eigenvalue weighted by Gasteiger charge is -2.21. The van der Waals surface area contributed by atoms with Gasteiger partial charge in [0.25, 0.3) is 5.56 Å². The van der Waals surface area contributed by atoms with Gasteiger partial charge in [-0.15, -0.1) is 11.3 Å². The number of aryl methyl sites for hydroxylation is 2. The van der Waals surface area contributed by atoms with Gasteiger partial charge in [-0.1, -0.05) is 6.07 Å². The predicted molar refractivity (Wildman–Crippen MR) is 107 cm³/mol. The molecule has 146 valence electrons. The molecule has 8 heteroatoms. The highest BCUT2D eigenvalue weighted by atomic mass is 32.1. The number of hydrogen-bond acceptors (Lipinski definition) is 6. The Morgan fingerprint density at radius 2 is 2.04 bits per heavy atom. The van der Waals surface area contributed by atoms with E-state index in [2.05, 4.69) is 10.3 Å². The Hall–Kier alpha value is -2.87. The zero-order valence-electron chi connectivity index (χ0n) is 15.9. The minimum atomic E-state index is -0.254. The van der Waals surface area contributed by atoms with Gasteiger partial charge >= 0.3 is 0 Å². The van der Waals surface area contributed by atoms with Crippen LogP contribution in [-0.4, -0.2) is 28.7 Å². The van der Waals surface area contributed by atoms with Gasteiger partial charge in [0, 0.05) is 4.88 Å². The normalized spacial score (nSPS) is 14.1. The third-order valence-corrected chi connectivity index (χ3v) is 6.03. The van der Waals surface area contributed by atoms with Gasteiger partial charge < -0.3 is 14.8 Å². The number of rotatable bonds is 4. The SMILES string of the molecule is Cc1sc2ncn(CC(=O)NC(C)c3ccc4c(c3)OCCO4)c(=O)c2c1C. The van der Waals surface area contributed by atoms with Crippen molar-refractivity contribution in [2.24, 2.45) is 0 Å². The Balaban J connectivity index is 1.50. The molecular weight excluding hydrogens is 378 g/mol. The van der Waals surface area contributed by atoms with Crippen LogP contribution in [-0.2, 0) is 11.3 Å². The molecule has 0 saturated carbocycles. The van der Waals surface area contributed by atoms with Gasteiger partial charge in [0.05, 0.1) is 17.8 Å². The lowest BCUT2D eigenvalue weighted by atomic mass is 10.1. The molecule has 1 aromatic carbocycles. The van der Waals surface area contributed by atoms with Crippen LogP contribution >= 0.6 is 11.3 Å². The molecule has 4 rings (SSSR count). The minimum Gasteiger partial charge on any atom is -0.486 e. The lowest BCUT2D eigenvalue weighted by Crippen LogP contribution is -2.34. The van der Waals surface area contributed by atoms with Gasteiger partial charge in [-0.05, 0) is 44.0 Å². The average Bonchev–Trinajstić information content (AvgIpc) is 2.98. The van der Waals surface area contributed by atoms with Crippen molar-refractivity contribution >= 4 is 27.5 Å². The van der Waals surface area contributed by atoms with E-state index in [1.54, 1.807) is 0 Å². The van der Waals surface area contributed by atoms with Crippen LogP contribution in [0, 0.1) is 13.8 Å². The van der Waals surface area contributed by atoms with Crippen molar-refractivity contribution in [2.75, 3.05) is 13.2 Å². The summed E-state index contributed by atoms with van der Waals surface area (Å²) in [6, 6.07) is 5.38. The number of ether oxygens (including phenoxy) is 2. The Labute approximate surface area is 165 Å². The third kappa shape index (κ3) is 3.35. The first-order chi connectivity index (χ1) is 13.4. The number of nitrogens with zero attached hydrogens (tertiary/aromatic N) is 2. The van der Waals surface area contributed by atoms with E-state index in [0.29, 0.717) is 34.9 Å². The lowest BCUT2D eigenvalue weighted by molar-refractivity contribution is -0.122. The summed E-state index contributed by atoms with van der Waals surface area (Å²) in [5.41, 5.74) is 1.65. The zero-order valence-corrected chi connectivity index (χ0v) is 16.8. The second-order valence-electron chi connectivity index (χ2n) is 6.83. The Morgan fingerprint density at radius 3 is 2.82 bits per heavy atom. The molecule has 1 atom stereocenters. The molecule has 1 amide bonds. The summed E-state index contributed by atoms with van der Waals surface area (Å²) in [6.45, 7) is 6.73. The highest BCUT2D eigenvalue weighted by Crippen LogP contribution is 2.32. The number of carbonyl (C=O) groups is 1. The van der Waals surface area contributed by atoms with Crippen molar-refractivity contribution in [3.8, 4) is 11.5 Å². The monoisotopic (exact) mass is 399 g/mol. The van der Waals surface area contributed by atoms with Gasteiger partial charge in [0.2, 0.25) is 5.91 Å². The number of benzene rings is 1. The quantitative estimate of drug-likeness (QED) is 0.729. The van der Waals surface area contributed by atoms with Crippen LogP contribution in [0.25, 0.3) is 10.2 Å². The van der Waals surface area contributed by atoms with Crippen LogP contribution in [0.3, 0.4) is 0 Å². The van der Waals surface area contributed by atoms with E-state index in [1.807, 2.05) is 39.0 Å². The smallest absolute Gasteiger partial charge is 0.262 e. The van der Waals surface area contributed by atoms with E-state index in [9.17, 15) is 9.59 Å². The molecule has 1 N–H and O–H groups in total. The van der Waals surface area contributed by atoms with Gasteiger partial charge in [-0.2, -0.15) is 0 Å². The molecule has 7 nitrogen and oxygen atoms in total. The highest BCUT2D eigenvalue weighted by molar-refractivity contribution is 7.18. The van der Waals surface area contributed by atoms with E-state index in [-0.39, 0.29) is 24.1 Å². The standard InChI is InChI=1S/C20H21N3O4S/c1-11-13(3)28-19-18(11)20(25)23(10-21-19)9-17(24)22-12(2)14-4-5-15-16(8-14)27-7-6-26-15/h4-5,8,10,12H,6-7,9H2,1-3H3,(H,22,24). The van der Waals surface area contributed by atoms with Crippen LogP contribution in [0.1, 0.15) is 29.0 Å². The first-order valence-electron chi connectivity index (χ1n) is 9.08.